The van der Waals surface area contributed by atoms with Crippen LogP contribution in [-0.2, 0) is 21.4 Å². The molecule has 1 aliphatic heterocycles. The van der Waals surface area contributed by atoms with Gasteiger partial charge in [0.15, 0.2) is 0 Å². The zero-order valence-corrected chi connectivity index (χ0v) is 19.3. The third-order valence-electron chi connectivity index (χ3n) is 6.50. The summed E-state index contributed by atoms with van der Waals surface area (Å²) in [6.45, 7) is 3.81. The van der Waals surface area contributed by atoms with Crippen LogP contribution in [0.25, 0.3) is 22.8 Å². The molecule has 178 valence electrons. The Labute approximate surface area is 201 Å². The molecule has 1 atom stereocenters. The Morgan fingerprint density at radius 2 is 2.23 bits per heavy atom. The number of pyridine rings is 1. The van der Waals surface area contributed by atoms with Crippen molar-refractivity contribution in [2.75, 3.05) is 13.1 Å². The van der Waals surface area contributed by atoms with E-state index in [1.807, 2.05) is 32.0 Å². The van der Waals surface area contributed by atoms with E-state index in [4.69, 9.17) is 14.4 Å². The van der Waals surface area contributed by atoms with Gasteiger partial charge < -0.3 is 19.3 Å². The number of nitrogens with zero attached hydrogens (tertiary/aromatic N) is 5. The number of nitriles is 1. The molecule has 0 bridgehead atoms. The third kappa shape index (κ3) is 3.99. The summed E-state index contributed by atoms with van der Waals surface area (Å²) >= 11 is 0. The van der Waals surface area contributed by atoms with Gasteiger partial charge in [-0.05, 0) is 43.9 Å². The van der Waals surface area contributed by atoms with Crippen molar-refractivity contribution in [2.45, 2.75) is 44.6 Å². The smallest absolute Gasteiger partial charge is 0.323 e. The van der Waals surface area contributed by atoms with Crippen LogP contribution in [0.15, 0.2) is 35.0 Å². The first-order valence-corrected chi connectivity index (χ1v) is 11.3. The molecule has 2 aromatic heterocycles. The second-order valence-corrected chi connectivity index (χ2v) is 9.21. The minimum atomic E-state index is -1.01. The summed E-state index contributed by atoms with van der Waals surface area (Å²) in [6, 6.07) is 9.50. The van der Waals surface area contributed by atoms with Crippen molar-refractivity contribution in [3.8, 4) is 34.8 Å². The number of rotatable bonds is 6. The Morgan fingerprint density at radius 3 is 2.97 bits per heavy atom. The lowest BCUT2D eigenvalue weighted by Crippen LogP contribution is -2.33. The quantitative estimate of drug-likeness (QED) is 0.571. The summed E-state index contributed by atoms with van der Waals surface area (Å²) in [5.41, 5.74) is 3.27. The second-order valence-electron chi connectivity index (χ2n) is 9.21. The zero-order chi connectivity index (χ0) is 24.7. The molecule has 2 aliphatic rings. The van der Waals surface area contributed by atoms with Crippen molar-refractivity contribution in [2.24, 2.45) is 0 Å². The van der Waals surface area contributed by atoms with Crippen LogP contribution < -0.4 is 4.74 Å². The summed E-state index contributed by atoms with van der Waals surface area (Å²) in [5.74, 6) is -0.270. The third-order valence-corrected chi connectivity index (χ3v) is 6.50. The average molecular weight is 473 g/mol. The number of hydrogen-bond acceptors (Lipinski definition) is 8. The van der Waals surface area contributed by atoms with Gasteiger partial charge in [-0.1, -0.05) is 23.4 Å². The number of likely N-dealkylation sites (tertiary alicyclic amines) is 1. The molecular formula is C25H23N5O5. The minimum absolute atomic E-state index is 0.120. The molecule has 3 aromatic rings. The fourth-order valence-corrected chi connectivity index (χ4v) is 5.04. The molecule has 1 saturated heterocycles. The Morgan fingerprint density at radius 1 is 1.40 bits per heavy atom. The van der Waals surface area contributed by atoms with Gasteiger partial charge >= 0.3 is 5.97 Å². The molecule has 1 unspecified atom stereocenters. The largest absolute Gasteiger partial charge is 0.480 e. The number of aliphatic carboxylic acids is 1. The summed E-state index contributed by atoms with van der Waals surface area (Å²) in [5, 5.41) is 22.8. The van der Waals surface area contributed by atoms with Crippen LogP contribution in [0.1, 0.15) is 43.4 Å². The van der Waals surface area contributed by atoms with Crippen molar-refractivity contribution in [1.82, 2.24) is 20.0 Å². The van der Waals surface area contributed by atoms with Crippen LogP contribution in [0.2, 0.25) is 0 Å². The summed E-state index contributed by atoms with van der Waals surface area (Å²) in [4.78, 5) is 33.9. The lowest BCUT2D eigenvalue weighted by molar-refractivity contribution is -0.142. The first-order valence-electron chi connectivity index (χ1n) is 11.3. The van der Waals surface area contributed by atoms with E-state index in [1.165, 1.54) is 11.1 Å². The number of carbonyl (C=O) groups is 2. The number of fused-ring (bicyclic) bond motifs is 2. The summed E-state index contributed by atoms with van der Waals surface area (Å²) in [7, 11) is 0. The molecule has 35 heavy (non-hydrogen) atoms. The van der Waals surface area contributed by atoms with Gasteiger partial charge in [-0.15, -0.1) is 0 Å². The highest BCUT2D eigenvalue weighted by molar-refractivity contribution is 5.85. The van der Waals surface area contributed by atoms with E-state index in [-0.39, 0.29) is 35.9 Å². The normalized spacial score (nSPS) is 18.8. The lowest BCUT2D eigenvalue weighted by atomic mass is 9.80. The lowest BCUT2D eigenvalue weighted by Gasteiger charge is -2.24. The maximum absolute atomic E-state index is 12.5. The first kappa shape index (κ1) is 22.5. The molecule has 1 aliphatic carbocycles. The number of carboxylic acid groups (broad SMARTS) is 1. The van der Waals surface area contributed by atoms with Crippen molar-refractivity contribution in [3.63, 3.8) is 0 Å². The first-order chi connectivity index (χ1) is 16.8. The number of benzene rings is 1. The maximum atomic E-state index is 12.5. The molecule has 0 saturated carbocycles. The van der Waals surface area contributed by atoms with Gasteiger partial charge in [0.25, 0.3) is 5.89 Å². The number of carbonyl (C=O) groups excluding carboxylic acids is 1. The molecule has 5 rings (SSSR count). The fourth-order valence-electron chi connectivity index (χ4n) is 5.04. The van der Waals surface area contributed by atoms with Crippen LogP contribution in [-0.4, -0.2) is 56.2 Å². The minimum Gasteiger partial charge on any atom is -0.480 e. The number of amides is 1. The fraction of sp³-hybridized carbons (Fsp3) is 0.360. The van der Waals surface area contributed by atoms with Gasteiger partial charge in [0, 0.05) is 30.1 Å². The maximum Gasteiger partial charge on any atom is 0.323 e. The highest BCUT2D eigenvalue weighted by Crippen LogP contribution is 2.48. The summed E-state index contributed by atoms with van der Waals surface area (Å²) in [6.07, 6.45) is 3.18. The Hall–Kier alpha value is -4.26. The van der Waals surface area contributed by atoms with Crippen LogP contribution >= 0.6 is 0 Å². The van der Waals surface area contributed by atoms with Gasteiger partial charge in [-0.3, -0.25) is 9.59 Å². The van der Waals surface area contributed by atoms with Gasteiger partial charge in [-0.25, -0.2) is 4.98 Å². The number of ether oxygens (including phenoxy) is 1. The second kappa shape index (κ2) is 8.51. The van der Waals surface area contributed by atoms with E-state index in [0.29, 0.717) is 24.4 Å². The van der Waals surface area contributed by atoms with E-state index in [2.05, 4.69) is 21.2 Å². The highest BCUT2D eigenvalue weighted by Gasteiger charge is 2.49. The van der Waals surface area contributed by atoms with Gasteiger partial charge in [0.2, 0.25) is 17.6 Å². The van der Waals surface area contributed by atoms with Gasteiger partial charge in [-0.2, -0.15) is 10.2 Å². The van der Waals surface area contributed by atoms with Crippen molar-refractivity contribution >= 4 is 11.9 Å². The van der Waals surface area contributed by atoms with E-state index in [9.17, 15) is 14.9 Å². The molecule has 1 fully saturated rings. The van der Waals surface area contributed by atoms with E-state index in [1.54, 1.807) is 6.07 Å². The number of aromatic nitrogens is 3. The highest BCUT2D eigenvalue weighted by atomic mass is 16.5. The SMILES string of the molecule is CC(C)Oc1ncc(-c2nc(-c3cccc4c3CCC43CC(=O)N(CC(=O)O)C3)no2)cc1C#N. The molecule has 1 amide bonds. The molecule has 10 heteroatoms. The Balaban J connectivity index is 1.46. The average Bonchev–Trinajstić information content (AvgIpc) is 3.52. The van der Waals surface area contributed by atoms with Crippen molar-refractivity contribution < 1.29 is 24.0 Å². The van der Waals surface area contributed by atoms with Crippen molar-refractivity contribution in [3.05, 3.63) is 47.2 Å². The van der Waals surface area contributed by atoms with Crippen LogP contribution in [0, 0.1) is 11.3 Å². The van der Waals surface area contributed by atoms with Gasteiger partial charge in [0.05, 0.1) is 11.7 Å². The van der Waals surface area contributed by atoms with E-state index in [0.717, 1.165) is 29.5 Å². The van der Waals surface area contributed by atoms with Crippen LogP contribution in [0.5, 0.6) is 5.88 Å². The van der Waals surface area contributed by atoms with E-state index < -0.39 is 11.4 Å². The van der Waals surface area contributed by atoms with Crippen LogP contribution in [0.3, 0.4) is 0 Å². The molecule has 0 radical (unpaired) electrons. The topological polar surface area (TPSA) is 142 Å². The molecule has 1 aromatic carbocycles. The molecular weight excluding hydrogens is 450 g/mol. The van der Waals surface area contributed by atoms with Gasteiger partial charge in [0.1, 0.15) is 18.2 Å². The zero-order valence-electron chi connectivity index (χ0n) is 19.3. The number of hydrogen-bond donors (Lipinski definition) is 1. The monoisotopic (exact) mass is 473 g/mol. The number of carboxylic acids is 1. The standard InChI is InChI=1S/C25H23N5O5/c1-14(2)34-23-15(10-26)8-16(11-27-23)24-28-22(29-35-24)18-4-3-5-19-17(18)6-7-25(19)9-20(31)30(13-25)12-21(32)33/h3-5,8,11,14H,6-7,9,12-13H2,1-2H3,(H,32,33). The molecule has 10 nitrogen and oxygen atoms in total. The molecule has 3 heterocycles. The van der Waals surface area contributed by atoms with Crippen LogP contribution in [0.4, 0.5) is 0 Å². The van der Waals surface area contributed by atoms with E-state index >= 15 is 0 Å². The Kier molecular flexibility index (Phi) is 5.47. The van der Waals surface area contributed by atoms with Crippen molar-refractivity contribution in [1.29, 1.82) is 5.26 Å². The Bertz CT molecular complexity index is 1370. The predicted octanol–water partition coefficient (Wildman–Crippen LogP) is 2.96. The predicted molar refractivity (Wildman–Crippen MR) is 122 cm³/mol. The molecule has 1 spiro atoms. The molecule has 1 N–H and O–H groups in total. The summed E-state index contributed by atoms with van der Waals surface area (Å²) < 4.78 is 11.1.